The van der Waals surface area contributed by atoms with E-state index in [4.69, 9.17) is 5.26 Å². The first-order valence-electron chi connectivity index (χ1n) is 5.55. The highest BCUT2D eigenvalue weighted by atomic mass is 19.4. The van der Waals surface area contributed by atoms with Crippen molar-refractivity contribution < 1.29 is 13.2 Å². The summed E-state index contributed by atoms with van der Waals surface area (Å²) in [6, 6.07) is 5.04. The lowest BCUT2D eigenvalue weighted by molar-refractivity contribution is -0.137. The minimum absolute atomic E-state index is 0.365. The van der Waals surface area contributed by atoms with Crippen LogP contribution in [0.5, 0.6) is 0 Å². The molecule has 0 heterocycles. The van der Waals surface area contributed by atoms with Crippen LogP contribution < -0.4 is 10.6 Å². The van der Waals surface area contributed by atoms with Crippen molar-refractivity contribution in [2.24, 2.45) is 0 Å². The predicted octanol–water partition coefficient (Wildman–Crippen LogP) is 2.60. The fourth-order valence-electron chi connectivity index (χ4n) is 1.47. The molecular formula is C12H14F3N3. The van der Waals surface area contributed by atoms with Crippen molar-refractivity contribution in [1.29, 1.82) is 5.26 Å². The number of nitrogens with zero attached hydrogens (tertiary/aromatic N) is 1. The summed E-state index contributed by atoms with van der Waals surface area (Å²) in [6.07, 6.45) is -4.49. The van der Waals surface area contributed by atoms with E-state index in [9.17, 15) is 13.2 Å². The molecule has 0 aromatic heterocycles. The van der Waals surface area contributed by atoms with Crippen molar-refractivity contribution in [3.05, 3.63) is 29.3 Å². The van der Waals surface area contributed by atoms with E-state index in [2.05, 4.69) is 10.6 Å². The van der Waals surface area contributed by atoms with E-state index in [1.165, 1.54) is 12.1 Å². The van der Waals surface area contributed by atoms with Crippen LogP contribution in [0, 0.1) is 11.3 Å². The molecule has 1 aromatic carbocycles. The van der Waals surface area contributed by atoms with Crippen molar-refractivity contribution in [3.63, 3.8) is 0 Å². The SMILES string of the molecule is CCNCCNc1ccc(C(F)(F)F)c(C#N)c1. The predicted molar refractivity (Wildman–Crippen MR) is 63.2 cm³/mol. The van der Waals surface area contributed by atoms with Crippen LogP contribution in [0.1, 0.15) is 18.1 Å². The third-order valence-electron chi connectivity index (χ3n) is 2.33. The monoisotopic (exact) mass is 257 g/mol. The van der Waals surface area contributed by atoms with E-state index in [-0.39, 0.29) is 5.56 Å². The van der Waals surface area contributed by atoms with Gasteiger partial charge in [-0.15, -0.1) is 0 Å². The number of nitrogens with one attached hydrogen (secondary N) is 2. The van der Waals surface area contributed by atoms with E-state index >= 15 is 0 Å². The molecule has 1 rings (SSSR count). The summed E-state index contributed by atoms with van der Waals surface area (Å²) in [5.74, 6) is 0. The largest absolute Gasteiger partial charge is 0.417 e. The standard InChI is InChI=1S/C12H14F3N3/c1-2-17-5-6-18-10-3-4-11(12(13,14)15)9(7-10)8-16/h3-4,7,17-18H,2,5-6H2,1H3. The number of benzene rings is 1. The Bertz CT molecular complexity index is 435. The molecule has 0 atom stereocenters. The average Bonchev–Trinajstić information content (AvgIpc) is 2.33. The van der Waals surface area contributed by atoms with Gasteiger partial charge in [0, 0.05) is 18.8 Å². The number of hydrogen-bond acceptors (Lipinski definition) is 3. The molecule has 0 aliphatic carbocycles. The molecule has 1 aromatic rings. The highest BCUT2D eigenvalue weighted by Gasteiger charge is 2.33. The van der Waals surface area contributed by atoms with Gasteiger partial charge in [-0.3, -0.25) is 0 Å². The zero-order valence-corrected chi connectivity index (χ0v) is 9.93. The zero-order valence-electron chi connectivity index (χ0n) is 9.93. The van der Waals surface area contributed by atoms with Gasteiger partial charge in [0.15, 0.2) is 0 Å². The van der Waals surface area contributed by atoms with E-state index in [1.54, 1.807) is 6.07 Å². The smallest absolute Gasteiger partial charge is 0.384 e. The molecule has 0 bridgehead atoms. The van der Waals surface area contributed by atoms with Gasteiger partial charge in [0.2, 0.25) is 0 Å². The Kier molecular flexibility index (Phi) is 4.98. The Labute approximate surface area is 104 Å². The zero-order chi connectivity index (χ0) is 13.6. The van der Waals surface area contributed by atoms with Gasteiger partial charge in [0.25, 0.3) is 0 Å². The van der Waals surface area contributed by atoms with Gasteiger partial charge in [-0.1, -0.05) is 6.92 Å². The van der Waals surface area contributed by atoms with Gasteiger partial charge in [0.05, 0.1) is 17.2 Å². The molecule has 0 fully saturated rings. The molecule has 98 valence electrons. The summed E-state index contributed by atoms with van der Waals surface area (Å²) >= 11 is 0. The highest BCUT2D eigenvalue weighted by Crippen LogP contribution is 2.32. The van der Waals surface area contributed by atoms with Crippen LogP contribution in [0.25, 0.3) is 0 Å². The topological polar surface area (TPSA) is 47.8 Å². The van der Waals surface area contributed by atoms with Crippen molar-refractivity contribution >= 4 is 5.69 Å². The minimum Gasteiger partial charge on any atom is -0.384 e. The van der Waals surface area contributed by atoms with Crippen LogP contribution in [-0.2, 0) is 6.18 Å². The van der Waals surface area contributed by atoms with Gasteiger partial charge in [-0.2, -0.15) is 18.4 Å². The maximum Gasteiger partial charge on any atom is 0.417 e. The normalized spacial score (nSPS) is 11.1. The third kappa shape index (κ3) is 3.93. The average molecular weight is 257 g/mol. The Balaban J connectivity index is 2.77. The second kappa shape index (κ2) is 6.26. The maximum absolute atomic E-state index is 12.5. The van der Waals surface area contributed by atoms with Gasteiger partial charge in [-0.25, -0.2) is 0 Å². The number of nitriles is 1. The van der Waals surface area contributed by atoms with Gasteiger partial charge in [0.1, 0.15) is 0 Å². The summed E-state index contributed by atoms with van der Waals surface area (Å²) in [4.78, 5) is 0. The number of likely N-dealkylation sites (N-methyl/N-ethyl adjacent to an activating group) is 1. The Morgan fingerprint density at radius 1 is 1.28 bits per heavy atom. The van der Waals surface area contributed by atoms with Crippen molar-refractivity contribution in [3.8, 4) is 6.07 Å². The van der Waals surface area contributed by atoms with Crippen molar-refractivity contribution in [2.45, 2.75) is 13.1 Å². The molecule has 0 spiro atoms. The summed E-state index contributed by atoms with van der Waals surface area (Å²) in [5, 5.41) is 14.8. The van der Waals surface area contributed by atoms with Crippen LogP contribution in [0.2, 0.25) is 0 Å². The fraction of sp³-hybridized carbons (Fsp3) is 0.417. The molecule has 18 heavy (non-hydrogen) atoms. The van der Waals surface area contributed by atoms with Crippen LogP contribution in [-0.4, -0.2) is 19.6 Å². The van der Waals surface area contributed by atoms with Gasteiger partial charge >= 0.3 is 6.18 Å². The molecule has 0 unspecified atom stereocenters. The van der Waals surface area contributed by atoms with Crippen LogP contribution >= 0.6 is 0 Å². The van der Waals surface area contributed by atoms with Crippen molar-refractivity contribution in [2.75, 3.05) is 25.0 Å². The Morgan fingerprint density at radius 2 is 2.00 bits per heavy atom. The van der Waals surface area contributed by atoms with Crippen LogP contribution in [0.15, 0.2) is 18.2 Å². The van der Waals surface area contributed by atoms with Crippen LogP contribution in [0.4, 0.5) is 18.9 Å². The maximum atomic E-state index is 12.5. The molecule has 0 radical (unpaired) electrons. The second-order valence-electron chi connectivity index (χ2n) is 3.65. The molecule has 0 aliphatic heterocycles. The first-order chi connectivity index (χ1) is 8.49. The Hall–Kier alpha value is -1.74. The number of halogens is 3. The molecule has 6 heteroatoms. The first kappa shape index (κ1) is 14.3. The summed E-state index contributed by atoms with van der Waals surface area (Å²) in [5.41, 5.74) is -0.754. The molecule has 2 N–H and O–H groups in total. The fourth-order valence-corrected chi connectivity index (χ4v) is 1.47. The van der Waals surface area contributed by atoms with E-state index < -0.39 is 11.7 Å². The Morgan fingerprint density at radius 3 is 2.56 bits per heavy atom. The number of anilines is 1. The van der Waals surface area contributed by atoms with Gasteiger partial charge < -0.3 is 10.6 Å². The molecule has 3 nitrogen and oxygen atoms in total. The molecule has 0 saturated heterocycles. The van der Waals surface area contributed by atoms with Gasteiger partial charge in [-0.05, 0) is 24.7 Å². The minimum atomic E-state index is -4.49. The quantitative estimate of drug-likeness (QED) is 0.797. The lowest BCUT2D eigenvalue weighted by atomic mass is 10.1. The molecular weight excluding hydrogens is 243 g/mol. The molecule has 0 amide bonds. The number of hydrogen-bond donors (Lipinski definition) is 2. The highest BCUT2D eigenvalue weighted by molar-refractivity contribution is 5.53. The van der Waals surface area contributed by atoms with E-state index in [0.717, 1.165) is 12.6 Å². The van der Waals surface area contributed by atoms with E-state index in [1.807, 2.05) is 6.92 Å². The third-order valence-corrected chi connectivity index (χ3v) is 2.33. The summed E-state index contributed by atoms with van der Waals surface area (Å²) in [7, 11) is 0. The van der Waals surface area contributed by atoms with Crippen LogP contribution in [0.3, 0.4) is 0 Å². The summed E-state index contributed by atoms with van der Waals surface area (Å²) in [6.45, 7) is 4.09. The summed E-state index contributed by atoms with van der Waals surface area (Å²) < 4.78 is 37.6. The second-order valence-corrected chi connectivity index (χ2v) is 3.65. The molecule has 0 saturated carbocycles. The number of alkyl halides is 3. The van der Waals surface area contributed by atoms with E-state index in [0.29, 0.717) is 18.8 Å². The molecule has 0 aliphatic rings. The first-order valence-corrected chi connectivity index (χ1v) is 5.55. The van der Waals surface area contributed by atoms with Crippen molar-refractivity contribution in [1.82, 2.24) is 5.32 Å². The lowest BCUT2D eigenvalue weighted by Crippen LogP contribution is -2.21. The number of rotatable bonds is 5. The lowest BCUT2D eigenvalue weighted by Gasteiger charge is -2.11.